The number of ether oxygens (including phenoxy) is 1. The highest BCUT2D eigenvalue weighted by molar-refractivity contribution is 6.66. The predicted molar refractivity (Wildman–Crippen MR) is 75.7 cm³/mol. The molecule has 0 aromatic carbocycles. The molecule has 0 bridgehead atoms. The molecule has 0 fully saturated rings. The van der Waals surface area contributed by atoms with Crippen LogP contribution in [0, 0.1) is 0 Å². The van der Waals surface area contributed by atoms with Crippen molar-refractivity contribution in [1.29, 1.82) is 0 Å². The summed E-state index contributed by atoms with van der Waals surface area (Å²) in [5, 5.41) is 12.0. The maximum Gasteiger partial charge on any atom is 0.358 e. The van der Waals surface area contributed by atoms with E-state index in [1.807, 2.05) is 0 Å². The number of carbonyl (C=O) groups is 2. The number of aliphatic carboxylic acids is 1. The fourth-order valence-corrected chi connectivity index (χ4v) is 1.97. The van der Waals surface area contributed by atoms with E-state index >= 15 is 0 Å². The summed E-state index contributed by atoms with van der Waals surface area (Å²) < 4.78 is 4.95. The second kappa shape index (κ2) is 9.12. The van der Waals surface area contributed by atoms with Crippen molar-refractivity contribution in [3.05, 3.63) is 12.0 Å². The number of carboxylic acid groups (broad SMARTS) is 1. The summed E-state index contributed by atoms with van der Waals surface area (Å²) in [6, 6.07) is 0. The van der Waals surface area contributed by atoms with Gasteiger partial charge in [0.25, 0.3) is 5.78 Å². The van der Waals surface area contributed by atoms with E-state index in [2.05, 4.69) is 10.3 Å². The Hall–Kier alpha value is -1.85. The van der Waals surface area contributed by atoms with Crippen molar-refractivity contribution in [3.63, 3.8) is 0 Å². The van der Waals surface area contributed by atoms with Crippen LogP contribution in [0.2, 0.25) is 0 Å². The van der Waals surface area contributed by atoms with Crippen LogP contribution < -0.4 is 5.32 Å². The van der Waals surface area contributed by atoms with Gasteiger partial charge in [-0.3, -0.25) is 9.79 Å². The minimum absolute atomic E-state index is 0.0248. The molecular weight excluding hydrogens is 260 g/mol. The molecule has 2 N–H and O–H groups in total. The highest BCUT2D eigenvalue weighted by atomic mass is 16.5. The molecule has 6 nitrogen and oxygen atoms in total. The highest BCUT2D eigenvalue weighted by Gasteiger charge is 2.24. The zero-order valence-corrected chi connectivity index (χ0v) is 11.9. The molecule has 1 aliphatic rings. The van der Waals surface area contributed by atoms with Gasteiger partial charge in [0.2, 0.25) is 0 Å². The third-order valence-corrected chi connectivity index (χ3v) is 3.09. The first-order valence-electron chi connectivity index (χ1n) is 6.96. The van der Waals surface area contributed by atoms with Crippen LogP contribution in [0.15, 0.2) is 17.0 Å². The van der Waals surface area contributed by atoms with Crippen molar-refractivity contribution in [2.45, 2.75) is 38.5 Å². The summed E-state index contributed by atoms with van der Waals surface area (Å²) >= 11 is 0. The van der Waals surface area contributed by atoms with Gasteiger partial charge in [0.05, 0.1) is 7.11 Å². The fraction of sp³-hybridized carbons (Fsp3) is 0.643. The average Bonchev–Trinajstić information content (AvgIpc) is 2.42. The van der Waals surface area contributed by atoms with E-state index in [0.29, 0.717) is 6.54 Å². The molecule has 6 heteroatoms. The first kappa shape index (κ1) is 16.2. The molecule has 1 rings (SSSR count). The number of hydrogen-bond acceptors (Lipinski definition) is 5. The van der Waals surface area contributed by atoms with Gasteiger partial charge in [-0.25, -0.2) is 4.79 Å². The van der Waals surface area contributed by atoms with Crippen molar-refractivity contribution in [2.24, 2.45) is 4.99 Å². The second-order valence-corrected chi connectivity index (χ2v) is 4.65. The molecule has 0 unspecified atom stereocenters. The normalized spacial score (nSPS) is 21.8. The summed E-state index contributed by atoms with van der Waals surface area (Å²) in [5.74, 6) is -2.03. The number of methoxy groups -OCH3 is 1. The average molecular weight is 282 g/mol. The molecular formula is C14H22N2O4. The van der Waals surface area contributed by atoms with Gasteiger partial charge < -0.3 is 15.2 Å². The van der Waals surface area contributed by atoms with Crippen molar-refractivity contribution < 1.29 is 19.4 Å². The van der Waals surface area contributed by atoms with Crippen LogP contribution in [0.4, 0.5) is 0 Å². The number of rotatable bonds is 2. The number of carboxylic acids is 1. The highest BCUT2D eigenvalue weighted by Crippen LogP contribution is 2.07. The molecule has 0 aromatic rings. The number of Topliss-reactive ketones (excluding diaryl/α,β-unsaturated/α-hetero) is 1. The molecule has 0 spiro atoms. The monoisotopic (exact) mass is 282 g/mol. The topological polar surface area (TPSA) is 88.0 Å². The lowest BCUT2D eigenvalue weighted by atomic mass is 10.1. The first-order valence-corrected chi connectivity index (χ1v) is 6.96. The number of hydrogen-bond donors (Lipinski definition) is 2. The molecule has 0 saturated carbocycles. The van der Waals surface area contributed by atoms with Gasteiger partial charge in [-0.2, -0.15) is 0 Å². The van der Waals surface area contributed by atoms with E-state index < -0.39 is 17.5 Å². The van der Waals surface area contributed by atoms with Gasteiger partial charge in [-0.15, -0.1) is 0 Å². The molecule has 112 valence electrons. The van der Waals surface area contributed by atoms with Crippen molar-refractivity contribution in [1.82, 2.24) is 5.32 Å². The zero-order valence-electron chi connectivity index (χ0n) is 11.9. The number of ketones is 1. The summed E-state index contributed by atoms with van der Waals surface area (Å²) in [6.45, 7) is 1.09. The zero-order chi connectivity index (χ0) is 14.8. The Morgan fingerprint density at radius 3 is 2.55 bits per heavy atom. The van der Waals surface area contributed by atoms with Gasteiger partial charge in [-0.1, -0.05) is 25.7 Å². The Labute approximate surface area is 118 Å². The number of carbonyl (C=O) groups excluding carboxylic acids is 1. The van der Waals surface area contributed by atoms with E-state index in [9.17, 15) is 9.59 Å². The first-order chi connectivity index (χ1) is 9.66. The summed E-state index contributed by atoms with van der Waals surface area (Å²) in [6.07, 6.45) is 7.66. The fourth-order valence-electron chi connectivity index (χ4n) is 1.97. The Balaban J connectivity index is 2.86. The smallest absolute Gasteiger partial charge is 0.358 e. The SMILES string of the molecule is CO/C1=C/NCCCCCCCCN=C(C(=O)O)C1=O. The maximum atomic E-state index is 12.0. The quantitative estimate of drug-likeness (QED) is 0.801. The molecule has 0 saturated heterocycles. The number of nitrogens with zero attached hydrogens (tertiary/aromatic N) is 1. The lowest BCUT2D eigenvalue weighted by Gasteiger charge is -2.08. The van der Waals surface area contributed by atoms with E-state index in [4.69, 9.17) is 9.84 Å². The number of nitrogens with one attached hydrogen (secondary N) is 1. The maximum absolute atomic E-state index is 12.0. The third kappa shape index (κ3) is 5.42. The number of allylic oxidation sites excluding steroid dienone is 1. The molecule has 0 aliphatic carbocycles. The minimum Gasteiger partial charge on any atom is -0.491 e. The minimum atomic E-state index is -1.31. The van der Waals surface area contributed by atoms with Gasteiger partial charge in [0, 0.05) is 19.3 Å². The van der Waals surface area contributed by atoms with Gasteiger partial charge in [0.15, 0.2) is 11.5 Å². The molecule has 0 atom stereocenters. The van der Waals surface area contributed by atoms with Crippen molar-refractivity contribution in [3.8, 4) is 0 Å². The van der Waals surface area contributed by atoms with E-state index in [1.54, 1.807) is 0 Å². The standard InChI is InChI=1S/C14H22N2O4/c1-20-11-10-15-8-6-4-2-3-5-7-9-16-12(13(11)17)14(18)19/h10,15H,2-9H2,1H3,(H,18,19)/b11-10+,16-12?. The van der Waals surface area contributed by atoms with Crippen LogP contribution in [0.25, 0.3) is 0 Å². The predicted octanol–water partition coefficient (Wildman–Crippen LogP) is 1.51. The third-order valence-electron chi connectivity index (χ3n) is 3.09. The van der Waals surface area contributed by atoms with Gasteiger partial charge >= 0.3 is 5.97 Å². The molecule has 0 amide bonds. The molecule has 1 heterocycles. The van der Waals surface area contributed by atoms with Crippen LogP contribution in [0.1, 0.15) is 38.5 Å². The van der Waals surface area contributed by atoms with Crippen LogP contribution in [0.3, 0.4) is 0 Å². The Morgan fingerprint density at radius 1 is 1.25 bits per heavy atom. The lowest BCUT2D eigenvalue weighted by Crippen LogP contribution is -2.27. The second-order valence-electron chi connectivity index (χ2n) is 4.65. The van der Waals surface area contributed by atoms with E-state index in [1.165, 1.54) is 13.3 Å². The van der Waals surface area contributed by atoms with Crippen molar-refractivity contribution >= 4 is 17.5 Å². The van der Waals surface area contributed by atoms with E-state index in [-0.39, 0.29) is 5.76 Å². The van der Waals surface area contributed by atoms with Gasteiger partial charge in [0.1, 0.15) is 0 Å². The van der Waals surface area contributed by atoms with Crippen LogP contribution in [0.5, 0.6) is 0 Å². The van der Waals surface area contributed by atoms with E-state index in [0.717, 1.165) is 45.1 Å². The van der Waals surface area contributed by atoms with Crippen LogP contribution >= 0.6 is 0 Å². The largest absolute Gasteiger partial charge is 0.491 e. The summed E-state index contributed by atoms with van der Waals surface area (Å²) in [4.78, 5) is 27.1. The Bertz CT molecular complexity index is 402. The summed E-state index contributed by atoms with van der Waals surface area (Å²) in [7, 11) is 1.34. The van der Waals surface area contributed by atoms with Gasteiger partial charge in [-0.05, 0) is 12.8 Å². The van der Waals surface area contributed by atoms with Crippen LogP contribution in [-0.2, 0) is 14.3 Å². The molecule has 20 heavy (non-hydrogen) atoms. The molecule has 1 aliphatic heterocycles. The number of aliphatic imine (C=N–C) groups is 1. The molecule has 0 radical (unpaired) electrons. The lowest BCUT2D eigenvalue weighted by molar-refractivity contribution is -0.130. The molecule has 0 aromatic heterocycles. The summed E-state index contributed by atoms with van der Waals surface area (Å²) in [5.41, 5.74) is -0.461. The van der Waals surface area contributed by atoms with Crippen LogP contribution in [-0.4, -0.2) is 42.8 Å². The van der Waals surface area contributed by atoms with Crippen molar-refractivity contribution in [2.75, 3.05) is 20.2 Å². The Morgan fingerprint density at radius 2 is 1.90 bits per heavy atom. The Kier molecular flexibility index (Phi) is 7.39.